The lowest BCUT2D eigenvalue weighted by atomic mass is 9.91. The van der Waals surface area contributed by atoms with Crippen molar-refractivity contribution in [3.63, 3.8) is 0 Å². The highest BCUT2D eigenvalue weighted by atomic mass is 16.3. The van der Waals surface area contributed by atoms with E-state index < -0.39 is 0 Å². The van der Waals surface area contributed by atoms with Crippen LogP contribution in [0.1, 0.15) is 38.3 Å². The minimum absolute atomic E-state index is 0.0979. The van der Waals surface area contributed by atoms with E-state index in [9.17, 15) is 5.11 Å². The third-order valence-corrected chi connectivity index (χ3v) is 4.08. The summed E-state index contributed by atoms with van der Waals surface area (Å²) in [6, 6.07) is 11.1. The molecule has 0 amide bonds. The molecule has 1 N–H and O–H groups in total. The first-order valence-corrected chi connectivity index (χ1v) is 6.69. The number of rotatable bonds is 3. The van der Waals surface area contributed by atoms with Gasteiger partial charge in [-0.2, -0.15) is 0 Å². The van der Waals surface area contributed by atoms with Crippen LogP contribution >= 0.6 is 0 Å². The third kappa shape index (κ3) is 2.88. The maximum absolute atomic E-state index is 9.91. The second-order valence-corrected chi connectivity index (χ2v) is 5.11. The molecule has 17 heavy (non-hydrogen) atoms. The molecule has 2 heteroatoms. The smallest absolute Gasteiger partial charge is 0.0592 e. The van der Waals surface area contributed by atoms with Gasteiger partial charge in [-0.25, -0.2) is 0 Å². The molecule has 0 aromatic heterocycles. The fourth-order valence-electron chi connectivity index (χ4n) is 2.74. The Labute approximate surface area is 104 Å². The fourth-order valence-corrected chi connectivity index (χ4v) is 2.74. The molecule has 1 fully saturated rings. The second-order valence-electron chi connectivity index (χ2n) is 5.11. The monoisotopic (exact) mass is 233 g/mol. The van der Waals surface area contributed by atoms with Crippen molar-refractivity contribution in [2.75, 3.05) is 13.1 Å². The summed E-state index contributed by atoms with van der Waals surface area (Å²) in [6.45, 7) is 6.46. The zero-order valence-electron chi connectivity index (χ0n) is 10.8. The van der Waals surface area contributed by atoms with Crippen molar-refractivity contribution < 1.29 is 5.11 Å². The highest BCUT2D eigenvalue weighted by Crippen LogP contribution is 2.27. The van der Waals surface area contributed by atoms with E-state index in [0.29, 0.717) is 12.0 Å². The van der Waals surface area contributed by atoms with Gasteiger partial charge in [0.15, 0.2) is 0 Å². The van der Waals surface area contributed by atoms with E-state index in [2.05, 4.69) is 49.1 Å². The first-order chi connectivity index (χ1) is 8.22. The van der Waals surface area contributed by atoms with Crippen LogP contribution in [0.5, 0.6) is 0 Å². The number of piperidine rings is 1. The third-order valence-electron chi connectivity index (χ3n) is 4.08. The zero-order valence-corrected chi connectivity index (χ0v) is 10.8. The maximum Gasteiger partial charge on any atom is 0.0592 e. The molecule has 1 saturated heterocycles. The SMILES string of the molecule is CCC1CN(C(C)c2ccccc2)CCC1O. The fraction of sp³-hybridized carbons (Fsp3) is 0.600. The molecule has 0 aliphatic carbocycles. The van der Waals surface area contributed by atoms with Crippen LogP contribution in [0.25, 0.3) is 0 Å². The highest BCUT2D eigenvalue weighted by molar-refractivity contribution is 5.18. The Bertz CT molecular complexity index is 338. The van der Waals surface area contributed by atoms with Crippen LogP contribution < -0.4 is 0 Å². The molecule has 0 saturated carbocycles. The lowest BCUT2D eigenvalue weighted by Crippen LogP contribution is -2.43. The number of aliphatic hydroxyl groups is 1. The van der Waals surface area contributed by atoms with Crippen LogP contribution in [-0.2, 0) is 0 Å². The lowest BCUT2D eigenvalue weighted by Gasteiger charge is -2.39. The van der Waals surface area contributed by atoms with E-state index in [1.165, 1.54) is 5.56 Å². The Balaban J connectivity index is 2.03. The number of aliphatic hydroxyl groups excluding tert-OH is 1. The summed E-state index contributed by atoms with van der Waals surface area (Å²) in [6.07, 6.45) is 1.88. The van der Waals surface area contributed by atoms with Crippen LogP contribution in [0.15, 0.2) is 30.3 Å². The van der Waals surface area contributed by atoms with Crippen molar-refractivity contribution >= 4 is 0 Å². The zero-order chi connectivity index (χ0) is 12.3. The van der Waals surface area contributed by atoms with Crippen molar-refractivity contribution in [1.82, 2.24) is 4.90 Å². The standard InChI is InChI=1S/C15H23NO/c1-3-13-11-16(10-9-15(13)17)12(2)14-7-5-4-6-8-14/h4-8,12-13,15,17H,3,9-11H2,1-2H3. The first kappa shape index (κ1) is 12.6. The van der Waals surface area contributed by atoms with Gasteiger partial charge in [-0.1, -0.05) is 37.3 Å². The average Bonchev–Trinajstić information content (AvgIpc) is 2.39. The van der Waals surface area contributed by atoms with Crippen LogP contribution in [0.4, 0.5) is 0 Å². The predicted molar refractivity (Wildman–Crippen MR) is 70.8 cm³/mol. The van der Waals surface area contributed by atoms with Crippen LogP contribution in [0, 0.1) is 5.92 Å². The Morgan fingerprint density at radius 3 is 2.71 bits per heavy atom. The molecule has 94 valence electrons. The maximum atomic E-state index is 9.91. The Morgan fingerprint density at radius 2 is 2.06 bits per heavy atom. The van der Waals surface area contributed by atoms with E-state index in [-0.39, 0.29) is 6.10 Å². The first-order valence-electron chi connectivity index (χ1n) is 6.69. The van der Waals surface area contributed by atoms with Gasteiger partial charge >= 0.3 is 0 Å². The Kier molecular flexibility index (Phi) is 4.19. The van der Waals surface area contributed by atoms with Gasteiger partial charge in [0.05, 0.1) is 6.10 Å². The van der Waals surface area contributed by atoms with Crippen molar-refractivity contribution in [2.24, 2.45) is 5.92 Å². The topological polar surface area (TPSA) is 23.5 Å². The van der Waals surface area contributed by atoms with Crippen LogP contribution in [-0.4, -0.2) is 29.2 Å². The molecule has 3 atom stereocenters. The van der Waals surface area contributed by atoms with Gasteiger partial charge in [-0.3, -0.25) is 4.90 Å². The Morgan fingerprint density at radius 1 is 1.35 bits per heavy atom. The molecule has 1 heterocycles. The molecule has 1 aromatic carbocycles. The van der Waals surface area contributed by atoms with E-state index in [4.69, 9.17) is 0 Å². The molecule has 2 rings (SSSR count). The van der Waals surface area contributed by atoms with Gasteiger partial charge in [0, 0.05) is 19.1 Å². The van der Waals surface area contributed by atoms with Crippen molar-refractivity contribution in [3.8, 4) is 0 Å². The van der Waals surface area contributed by atoms with E-state index in [1.54, 1.807) is 0 Å². The van der Waals surface area contributed by atoms with Crippen molar-refractivity contribution in [3.05, 3.63) is 35.9 Å². The summed E-state index contributed by atoms with van der Waals surface area (Å²) >= 11 is 0. The lowest BCUT2D eigenvalue weighted by molar-refractivity contribution is 0.0107. The number of benzene rings is 1. The second kappa shape index (κ2) is 5.65. The molecule has 3 unspecified atom stereocenters. The van der Waals surface area contributed by atoms with E-state index >= 15 is 0 Å². The largest absolute Gasteiger partial charge is 0.393 e. The predicted octanol–water partition coefficient (Wildman–Crippen LogP) is 2.84. The normalized spacial score (nSPS) is 27.9. The van der Waals surface area contributed by atoms with Crippen LogP contribution in [0.2, 0.25) is 0 Å². The molecule has 1 aliphatic rings. The molecule has 1 aromatic rings. The van der Waals surface area contributed by atoms with Gasteiger partial charge in [-0.15, -0.1) is 0 Å². The van der Waals surface area contributed by atoms with E-state index in [0.717, 1.165) is 25.9 Å². The molecular formula is C15H23NO. The molecule has 0 bridgehead atoms. The summed E-state index contributed by atoms with van der Waals surface area (Å²) in [5.41, 5.74) is 1.37. The minimum atomic E-state index is -0.0979. The molecular weight excluding hydrogens is 210 g/mol. The van der Waals surface area contributed by atoms with Crippen molar-refractivity contribution in [1.29, 1.82) is 0 Å². The van der Waals surface area contributed by atoms with Gasteiger partial charge in [0.2, 0.25) is 0 Å². The summed E-state index contributed by atoms with van der Waals surface area (Å²) in [5.74, 6) is 0.440. The number of hydrogen-bond acceptors (Lipinski definition) is 2. The van der Waals surface area contributed by atoms with Gasteiger partial charge in [-0.05, 0) is 31.2 Å². The molecule has 2 nitrogen and oxygen atoms in total. The van der Waals surface area contributed by atoms with Gasteiger partial charge < -0.3 is 5.11 Å². The molecule has 0 spiro atoms. The molecule has 0 radical (unpaired) electrons. The quantitative estimate of drug-likeness (QED) is 0.867. The minimum Gasteiger partial charge on any atom is -0.393 e. The number of nitrogens with zero attached hydrogens (tertiary/aromatic N) is 1. The van der Waals surface area contributed by atoms with Crippen molar-refractivity contribution in [2.45, 2.75) is 38.8 Å². The summed E-state index contributed by atoms with van der Waals surface area (Å²) in [7, 11) is 0. The summed E-state index contributed by atoms with van der Waals surface area (Å²) in [5, 5.41) is 9.91. The Hall–Kier alpha value is -0.860. The van der Waals surface area contributed by atoms with Crippen LogP contribution in [0.3, 0.4) is 0 Å². The number of likely N-dealkylation sites (tertiary alicyclic amines) is 1. The number of hydrogen-bond donors (Lipinski definition) is 1. The highest BCUT2D eigenvalue weighted by Gasteiger charge is 2.29. The molecule has 1 aliphatic heterocycles. The van der Waals surface area contributed by atoms with E-state index in [1.807, 2.05) is 0 Å². The summed E-state index contributed by atoms with van der Waals surface area (Å²) in [4.78, 5) is 2.50. The van der Waals surface area contributed by atoms with Gasteiger partial charge in [0.1, 0.15) is 0 Å². The summed E-state index contributed by atoms with van der Waals surface area (Å²) < 4.78 is 0. The average molecular weight is 233 g/mol. The van der Waals surface area contributed by atoms with Gasteiger partial charge in [0.25, 0.3) is 0 Å².